The number of hydrogen-bond donors (Lipinski definition) is 2. The van der Waals surface area contributed by atoms with Crippen LogP contribution in [0, 0.1) is 0 Å². The van der Waals surface area contributed by atoms with E-state index in [-0.39, 0.29) is 6.42 Å². The number of carbonyl (C=O) groups is 1. The molecule has 0 saturated carbocycles. The van der Waals surface area contributed by atoms with Gasteiger partial charge in [-0.3, -0.25) is 0 Å². The second-order valence-electron chi connectivity index (χ2n) is 3.05. The molecule has 0 aliphatic rings. The predicted molar refractivity (Wildman–Crippen MR) is 53.3 cm³/mol. The first-order valence-electron chi connectivity index (χ1n) is 4.21. The quantitative estimate of drug-likeness (QED) is 0.388. The Bertz CT molecular complexity index is 325. The molecule has 0 saturated heterocycles. The van der Waals surface area contributed by atoms with Gasteiger partial charge in [0.1, 0.15) is 0 Å². The molecule has 0 bridgehead atoms. The van der Waals surface area contributed by atoms with Crippen molar-refractivity contribution in [3.05, 3.63) is 9.40 Å². The van der Waals surface area contributed by atoms with Crippen molar-refractivity contribution in [3.8, 4) is 0 Å². The van der Waals surface area contributed by atoms with Crippen LogP contribution in [-0.4, -0.2) is 52.2 Å². The average Bonchev–Trinajstić information content (AvgIpc) is 2.01. The van der Waals surface area contributed by atoms with Crippen molar-refractivity contribution in [1.29, 1.82) is 0 Å². The minimum atomic E-state index is -4.21. The van der Waals surface area contributed by atoms with Gasteiger partial charge in [0, 0.05) is 0 Å². The average molecular weight is 229 g/mol. The van der Waals surface area contributed by atoms with Gasteiger partial charge in [-0.05, 0) is 0 Å². The molecule has 1 atom stereocenters. The zero-order valence-electron chi connectivity index (χ0n) is 8.28. The van der Waals surface area contributed by atoms with Crippen LogP contribution in [0.4, 0.5) is 0 Å². The topological polar surface area (TPSA) is 83.5 Å². The molecule has 0 aliphatic heterocycles. The van der Waals surface area contributed by atoms with Crippen LogP contribution in [0.1, 0.15) is 19.8 Å². The normalized spacial score (nSPS) is 13.4. The van der Waals surface area contributed by atoms with E-state index in [1.165, 1.54) is 0 Å². The fourth-order valence-corrected chi connectivity index (χ4v) is 1.76. The van der Waals surface area contributed by atoms with Gasteiger partial charge < -0.3 is 0 Å². The molecule has 5 nitrogen and oxygen atoms in total. The van der Waals surface area contributed by atoms with Crippen molar-refractivity contribution in [1.82, 2.24) is 5.32 Å². The molecule has 0 heterocycles. The summed E-state index contributed by atoms with van der Waals surface area (Å²) in [5.74, 6) is -0.507. The first-order valence-corrected chi connectivity index (χ1v) is 6.72. The molecule has 0 radical (unpaired) electrons. The molecular formula is C7H12NNaO4S. The number of nitrogens with one attached hydrogen (secondary N) is 1. The first-order chi connectivity index (χ1) is 6.29. The second-order valence-corrected chi connectivity index (χ2v) is 5.85. The van der Waals surface area contributed by atoms with Gasteiger partial charge in [-0.25, -0.2) is 0 Å². The third-order valence-corrected chi connectivity index (χ3v) is 3.12. The summed E-state index contributed by atoms with van der Waals surface area (Å²) in [5, 5.41) is 0.999. The molecule has 7 heteroatoms. The van der Waals surface area contributed by atoms with E-state index < -0.39 is 21.4 Å². The van der Waals surface area contributed by atoms with E-state index in [0.29, 0.717) is 37.2 Å². The zero-order valence-corrected chi connectivity index (χ0v) is 11.1. The summed E-state index contributed by atoms with van der Waals surface area (Å²) in [4.78, 5) is 11.1. The molecule has 1 amide bonds. The van der Waals surface area contributed by atoms with Crippen molar-refractivity contribution < 1.29 is 17.8 Å². The van der Waals surface area contributed by atoms with Crippen molar-refractivity contribution in [2.45, 2.75) is 25.1 Å². The van der Waals surface area contributed by atoms with Crippen molar-refractivity contribution in [2.24, 2.45) is 0 Å². The Morgan fingerprint density at radius 3 is 2.43 bits per heavy atom. The van der Waals surface area contributed by atoms with Gasteiger partial charge in [0.05, 0.1) is 0 Å². The van der Waals surface area contributed by atoms with Crippen LogP contribution in [0.15, 0.2) is 9.40 Å². The molecule has 0 rings (SSSR count). The third-order valence-electron chi connectivity index (χ3n) is 1.59. The Hall–Kier alpha value is 0.120. The van der Waals surface area contributed by atoms with E-state index >= 15 is 0 Å². The van der Waals surface area contributed by atoms with Gasteiger partial charge in [-0.1, -0.05) is 0 Å². The van der Waals surface area contributed by atoms with Crippen LogP contribution in [0.5, 0.6) is 0 Å². The first kappa shape index (κ1) is 14.1. The maximum atomic E-state index is 11.1. The molecule has 14 heavy (non-hydrogen) atoms. The molecule has 0 aromatic rings. The van der Waals surface area contributed by atoms with E-state index in [1.54, 1.807) is 6.92 Å². The molecule has 0 aromatic carbocycles. The second kappa shape index (κ2) is 5.87. The molecule has 0 aromatic heterocycles. The van der Waals surface area contributed by atoms with Crippen LogP contribution >= 0.6 is 0 Å². The van der Waals surface area contributed by atoms with Crippen molar-refractivity contribution in [3.63, 3.8) is 0 Å². The Kier molecular flexibility index (Phi) is 5.92. The van der Waals surface area contributed by atoms with E-state index in [1.807, 2.05) is 0 Å². The molecular weight excluding hydrogens is 217 g/mol. The molecule has 1 unspecified atom stereocenters. The summed E-state index contributed by atoms with van der Waals surface area (Å²) in [7, 11) is -4.21. The summed E-state index contributed by atoms with van der Waals surface area (Å²) in [5.41, 5.74) is 0. The van der Waals surface area contributed by atoms with Crippen molar-refractivity contribution in [2.75, 3.05) is 0 Å². The number of rotatable bonds is 5. The summed E-state index contributed by atoms with van der Waals surface area (Å²) < 4.78 is 30.7. The van der Waals surface area contributed by atoms with Crippen LogP contribution in [0.2, 0.25) is 0 Å². The minimum absolute atomic E-state index is 0.194. The van der Waals surface area contributed by atoms with E-state index in [4.69, 9.17) is 4.55 Å². The number of amides is 1. The molecule has 0 spiro atoms. The Balaban J connectivity index is 4.55. The Labute approximate surface area is 101 Å². The van der Waals surface area contributed by atoms with Crippen molar-refractivity contribution >= 4 is 44.0 Å². The van der Waals surface area contributed by atoms with E-state index in [9.17, 15) is 13.2 Å². The standard InChI is InChI=1S/C7H12NO4S.Na/c1-3-5-7(13(10,11)12)8-6(9)4-2;/h7H,2-3,5H2,1H3,(H,8,9)(H,10,11,12);. The molecule has 76 valence electrons. The molecule has 0 aliphatic carbocycles. The SMILES string of the molecule is C=[C]([Na])C(=O)NC(CCC)S(=O)(=O)O. The number of hydrogen-bond acceptors (Lipinski definition) is 3. The Morgan fingerprint density at radius 1 is 1.64 bits per heavy atom. The van der Waals surface area contributed by atoms with E-state index in [0.717, 1.165) is 0 Å². The maximum absolute atomic E-state index is 11.1. The number of carbonyl (C=O) groups excluding carboxylic acids is 1. The zero-order chi connectivity index (χ0) is 11.4. The summed E-state index contributed by atoms with van der Waals surface area (Å²) in [6.07, 6.45) is 0.748. The van der Waals surface area contributed by atoms with Gasteiger partial charge in [0.25, 0.3) is 0 Å². The van der Waals surface area contributed by atoms with Crippen LogP contribution in [0.25, 0.3) is 0 Å². The van der Waals surface area contributed by atoms with Gasteiger partial charge in [0.15, 0.2) is 0 Å². The van der Waals surface area contributed by atoms with Gasteiger partial charge in [0.2, 0.25) is 0 Å². The van der Waals surface area contributed by atoms with Gasteiger partial charge >= 0.3 is 102 Å². The van der Waals surface area contributed by atoms with Gasteiger partial charge in [-0.15, -0.1) is 0 Å². The summed E-state index contributed by atoms with van der Waals surface area (Å²) in [6, 6.07) is 0. The third kappa shape index (κ3) is 5.11. The fourth-order valence-electron chi connectivity index (χ4n) is 0.827. The summed E-state index contributed by atoms with van der Waals surface area (Å²) in [6.45, 7) is 5.19. The van der Waals surface area contributed by atoms with E-state index in [2.05, 4.69) is 11.9 Å². The van der Waals surface area contributed by atoms with Gasteiger partial charge in [-0.2, -0.15) is 0 Å². The molecule has 2 N–H and O–H groups in total. The summed E-state index contributed by atoms with van der Waals surface area (Å²) >= 11 is 0.466. The fraction of sp³-hybridized carbons (Fsp3) is 0.571. The van der Waals surface area contributed by atoms with Crippen LogP contribution in [0.3, 0.4) is 0 Å². The Morgan fingerprint density at radius 2 is 2.14 bits per heavy atom. The van der Waals surface area contributed by atoms with Crippen LogP contribution < -0.4 is 5.32 Å². The molecule has 0 fully saturated rings. The van der Waals surface area contributed by atoms with Crippen LogP contribution in [-0.2, 0) is 14.9 Å². The predicted octanol–water partition coefficient (Wildman–Crippen LogP) is -0.201. The monoisotopic (exact) mass is 229 g/mol.